The molecular weight excluding hydrogens is 310 g/mol. The van der Waals surface area contributed by atoms with Crippen molar-refractivity contribution in [2.24, 2.45) is 0 Å². The van der Waals surface area contributed by atoms with Gasteiger partial charge in [-0.1, -0.05) is 0 Å². The summed E-state index contributed by atoms with van der Waals surface area (Å²) in [6, 6.07) is 5.13. The lowest BCUT2D eigenvalue weighted by atomic mass is 10.2. The molecule has 0 saturated carbocycles. The van der Waals surface area contributed by atoms with Crippen molar-refractivity contribution in [2.75, 3.05) is 0 Å². The Morgan fingerprint density at radius 1 is 1.04 bits per heavy atom. The lowest BCUT2D eigenvalue weighted by molar-refractivity contribution is -0.384. The smallest absolute Gasteiger partial charge is 0.313 e. The van der Waals surface area contributed by atoms with E-state index in [9.17, 15) is 24.5 Å². The second-order valence-corrected chi connectivity index (χ2v) is 4.02. The van der Waals surface area contributed by atoms with Crippen LogP contribution in [0.2, 0.25) is 0 Å². The first kappa shape index (κ1) is 22.4. The minimum Gasteiger partial charge on any atom is -0.427 e. The lowest BCUT2D eigenvalue weighted by Crippen LogP contribution is -2.08. The Hall–Kier alpha value is -2.85. The van der Waals surface area contributed by atoms with Gasteiger partial charge in [-0.3, -0.25) is 24.5 Å². The van der Waals surface area contributed by atoms with Crippen LogP contribution in [0.25, 0.3) is 0 Å². The van der Waals surface area contributed by atoms with Crippen LogP contribution in [-0.2, 0) is 19.1 Å². The number of nitrogens with zero attached hydrogens (tertiary/aromatic N) is 1. The van der Waals surface area contributed by atoms with Gasteiger partial charge in [0, 0.05) is 25.0 Å². The quantitative estimate of drug-likeness (QED) is 0.137. The number of nitro groups is 1. The molecule has 10 nitrogen and oxygen atoms in total. The van der Waals surface area contributed by atoms with Crippen LogP contribution in [0, 0.1) is 10.1 Å². The first-order chi connectivity index (χ1) is 10.0. The SMILES string of the molecule is N.N.O=COC(=O)CCCCC(=O)Oc1ccc([N+](=O)[O-])cc1. The first-order valence-electron chi connectivity index (χ1n) is 6.11. The zero-order valence-corrected chi connectivity index (χ0v) is 12.4. The molecule has 0 bridgehead atoms. The maximum Gasteiger partial charge on any atom is 0.313 e. The number of ether oxygens (including phenoxy) is 2. The molecule has 0 saturated heterocycles. The van der Waals surface area contributed by atoms with E-state index in [2.05, 4.69) is 4.74 Å². The molecule has 0 amide bonds. The molecule has 6 N–H and O–H groups in total. The average Bonchev–Trinajstić information content (AvgIpc) is 2.44. The molecule has 0 unspecified atom stereocenters. The number of rotatable bonds is 8. The van der Waals surface area contributed by atoms with E-state index in [0.29, 0.717) is 12.8 Å². The Balaban J connectivity index is 0. The highest BCUT2D eigenvalue weighted by Crippen LogP contribution is 2.18. The lowest BCUT2D eigenvalue weighted by Gasteiger charge is -2.03. The molecule has 1 aromatic carbocycles. The van der Waals surface area contributed by atoms with Crippen LogP contribution in [-0.4, -0.2) is 23.3 Å². The van der Waals surface area contributed by atoms with E-state index in [0.717, 1.165) is 0 Å². The highest BCUT2D eigenvalue weighted by molar-refractivity contribution is 5.76. The fraction of sp³-hybridized carbons (Fsp3) is 0.308. The molecule has 1 aromatic rings. The molecule has 128 valence electrons. The Kier molecular flexibility index (Phi) is 11.5. The van der Waals surface area contributed by atoms with Crippen LogP contribution in [0.4, 0.5) is 5.69 Å². The molecule has 23 heavy (non-hydrogen) atoms. The Labute approximate surface area is 132 Å². The second kappa shape index (κ2) is 11.8. The minimum absolute atomic E-state index is 0. The highest BCUT2D eigenvalue weighted by Gasteiger charge is 2.09. The van der Waals surface area contributed by atoms with Gasteiger partial charge < -0.3 is 21.8 Å². The van der Waals surface area contributed by atoms with Gasteiger partial charge in [0.05, 0.1) is 4.92 Å². The van der Waals surface area contributed by atoms with Gasteiger partial charge in [0.1, 0.15) is 5.75 Å². The van der Waals surface area contributed by atoms with Crippen molar-refractivity contribution in [3.63, 3.8) is 0 Å². The Bertz CT molecular complexity index is 531. The standard InChI is InChI=1S/C13H13NO7.2H3N/c15-9-20-12(16)3-1-2-4-13(17)21-11-7-5-10(6-8-11)14(18)19;;/h5-9H,1-4H2;2*1H3. The molecule has 10 heteroatoms. The number of unbranched alkanes of at least 4 members (excludes halogenated alkanes) is 1. The van der Waals surface area contributed by atoms with Crippen molar-refractivity contribution in [3.8, 4) is 5.75 Å². The normalized spacial score (nSPS) is 8.87. The molecule has 1 rings (SSSR count). The van der Waals surface area contributed by atoms with Gasteiger partial charge in [0.25, 0.3) is 5.69 Å². The van der Waals surface area contributed by atoms with Crippen LogP contribution in [0.15, 0.2) is 24.3 Å². The predicted octanol–water partition coefficient (Wildman–Crippen LogP) is 2.08. The summed E-state index contributed by atoms with van der Waals surface area (Å²) in [6.45, 7) is 0.0607. The first-order valence-corrected chi connectivity index (χ1v) is 6.11. The van der Waals surface area contributed by atoms with Crippen LogP contribution in [0.3, 0.4) is 0 Å². The minimum atomic E-state index is -0.645. The molecule has 0 aliphatic carbocycles. The van der Waals surface area contributed by atoms with Gasteiger partial charge in [0.15, 0.2) is 0 Å². The largest absolute Gasteiger partial charge is 0.427 e. The molecular formula is C13H19N3O7. The topological polar surface area (TPSA) is 183 Å². The molecule has 0 spiro atoms. The van der Waals surface area contributed by atoms with Crippen LogP contribution in [0.5, 0.6) is 5.75 Å². The summed E-state index contributed by atoms with van der Waals surface area (Å²) >= 11 is 0. The predicted molar refractivity (Wildman–Crippen MR) is 79.4 cm³/mol. The fourth-order valence-electron chi connectivity index (χ4n) is 1.47. The number of nitro benzene ring substituents is 1. The third-order valence-electron chi connectivity index (χ3n) is 2.47. The summed E-state index contributed by atoms with van der Waals surface area (Å²) in [6.07, 6.45) is 0.927. The average molecular weight is 329 g/mol. The molecule has 0 fully saturated rings. The van der Waals surface area contributed by atoms with Crippen LogP contribution in [0.1, 0.15) is 25.7 Å². The molecule has 0 heterocycles. The van der Waals surface area contributed by atoms with Gasteiger partial charge in [-0.25, -0.2) is 0 Å². The van der Waals surface area contributed by atoms with Crippen molar-refractivity contribution >= 4 is 24.1 Å². The van der Waals surface area contributed by atoms with Crippen LogP contribution < -0.4 is 17.0 Å². The summed E-state index contributed by atoms with van der Waals surface area (Å²) in [5, 5.41) is 10.4. The number of carbonyl (C=O) groups excluding carboxylic acids is 3. The van der Waals surface area contributed by atoms with Crippen molar-refractivity contribution in [3.05, 3.63) is 34.4 Å². The second-order valence-electron chi connectivity index (χ2n) is 4.02. The van der Waals surface area contributed by atoms with Gasteiger partial charge >= 0.3 is 18.4 Å². The van der Waals surface area contributed by atoms with Crippen LogP contribution >= 0.6 is 0 Å². The number of hydrogen-bond acceptors (Lipinski definition) is 9. The van der Waals surface area contributed by atoms with Crippen molar-refractivity contribution in [1.29, 1.82) is 0 Å². The zero-order valence-electron chi connectivity index (χ0n) is 12.4. The summed E-state index contributed by atoms with van der Waals surface area (Å²) in [5.41, 5.74) is -0.0940. The maximum atomic E-state index is 11.5. The van der Waals surface area contributed by atoms with Gasteiger partial charge in [0.2, 0.25) is 0 Å². The van der Waals surface area contributed by atoms with Gasteiger partial charge in [-0.15, -0.1) is 0 Å². The highest BCUT2D eigenvalue weighted by atomic mass is 16.6. The third-order valence-corrected chi connectivity index (χ3v) is 2.47. The summed E-state index contributed by atoms with van der Waals surface area (Å²) in [5.74, 6) is -0.938. The molecule has 0 atom stereocenters. The van der Waals surface area contributed by atoms with Gasteiger partial charge in [-0.05, 0) is 25.0 Å². The van der Waals surface area contributed by atoms with E-state index >= 15 is 0 Å². The third kappa shape index (κ3) is 8.90. The van der Waals surface area contributed by atoms with E-state index in [4.69, 9.17) is 4.74 Å². The van der Waals surface area contributed by atoms with Gasteiger partial charge in [-0.2, -0.15) is 0 Å². The van der Waals surface area contributed by atoms with Crippen molar-refractivity contribution in [1.82, 2.24) is 12.3 Å². The van der Waals surface area contributed by atoms with Crippen molar-refractivity contribution in [2.45, 2.75) is 25.7 Å². The number of benzene rings is 1. The number of non-ortho nitro benzene ring substituents is 1. The summed E-state index contributed by atoms with van der Waals surface area (Å²) < 4.78 is 9.05. The summed E-state index contributed by atoms with van der Waals surface area (Å²) in [4.78, 5) is 42.1. The molecule has 0 aliphatic rings. The number of carbonyl (C=O) groups is 3. The van der Waals surface area contributed by atoms with E-state index < -0.39 is 16.9 Å². The van der Waals surface area contributed by atoms with E-state index in [1.165, 1.54) is 24.3 Å². The Morgan fingerprint density at radius 2 is 1.57 bits per heavy atom. The molecule has 0 aromatic heterocycles. The maximum absolute atomic E-state index is 11.5. The molecule has 0 radical (unpaired) electrons. The number of esters is 2. The van der Waals surface area contributed by atoms with E-state index in [1.54, 1.807) is 0 Å². The summed E-state index contributed by atoms with van der Waals surface area (Å²) in [7, 11) is 0. The van der Waals surface area contributed by atoms with Crippen molar-refractivity contribution < 1.29 is 28.8 Å². The molecule has 0 aliphatic heterocycles. The Morgan fingerprint density at radius 3 is 2.04 bits per heavy atom. The zero-order chi connectivity index (χ0) is 15.7. The van der Waals surface area contributed by atoms with E-state index in [1.807, 2.05) is 0 Å². The monoisotopic (exact) mass is 329 g/mol. The fourth-order valence-corrected chi connectivity index (χ4v) is 1.47. The number of hydrogen-bond donors (Lipinski definition) is 2. The van der Waals surface area contributed by atoms with E-state index in [-0.39, 0.29) is 43.1 Å².